The molecule has 0 bridgehead atoms. The minimum absolute atomic E-state index is 0. The molecule has 0 aromatic rings. The third kappa shape index (κ3) is 1200. The second kappa shape index (κ2) is 109. The molecule has 0 aliphatic heterocycles. The van der Waals surface area contributed by atoms with Gasteiger partial charge >= 0.3 is 92.4 Å². The number of nitriles is 5. The summed E-state index contributed by atoms with van der Waals surface area (Å²) in [4.78, 5) is 30.3. The van der Waals surface area contributed by atoms with Crippen molar-refractivity contribution in [3.8, 4) is 31.0 Å². The summed E-state index contributed by atoms with van der Waals surface area (Å²) in [6.45, 7) is 0.500. The Morgan fingerprint density at radius 3 is 0.968 bits per heavy atom. The van der Waals surface area contributed by atoms with Crippen molar-refractivity contribution in [1.82, 2.24) is 0 Å². The van der Waals surface area contributed by atoms with Crippen LogP contribution in [-0.2, 0) is 14.4 Å². The first kappa shape index (κ1) is 63.0. The van der Waals surface area contributed by atoms with E-state index >= 15 is 0 Å². The summed E-state index contributed by atoms with van der Waals surface area (Å²) in [5.74, 6) is -0.394. The monoisotopic (exact) mass is 496 g/mol. The number of aliphatic imine (C=N–C) groups is 2. The fraction of sp³-hybridized carbons (Fsp3) is 0. The normalized spacial score (nSPS) is 3.90. The maximum absolute atomic E-state index is 8.24. The van der Waals surface area contributed by atoms with Crippen LogP contribution in [0.4, 0.5) is 0 Å². The number of guanidine groups is 2. The SMILES string of the molecule is N#CN.N#CN.N#CN=C(N)N.N#CN=C(N)N.N#C[N]=[Ca].O.O=C=O.O=[C-]O.[Ca+2].[OH-]. The van der Waals surface area contributed by atoms with E-state index in [-0.39, 0.29) is 66.8 Å². The molecule has 31 heavy (non-hydrogen) atoms. The molecule has 0 amide bonds. The number of carbonyl (C=O) groups excluding carboxylic acids is 2. The number of hydrogen-bond donors (Lipinski definition) is 7. The Hall–Kier alpha value is -3.32. The van der Waals surface area contributed by atoms with Crippen LogP contribution in [0.25, 0.3) is 0 Å². The van der Waals surface area contributed by atoms with Gasteiger partial charge in [0.2, 0.25) is 24.3 Å². The van der Waals surface area contributed by atoms with Gasteiger partial charge in [-0.3, -0.25) is 0 Å². The zero-order valence-electron chi connectivity index (χ0n) is 15.6. The van der Waals surface area contributed by atoms with Gasteiger partial charge in [-0.2, -0.15) is 30.6 Å². The number of hydrogen-bond acceptors (Lipinski definition) is 14. The largest absolute Gasteiger partial charge is 2.00 e. The fourth-order valence-electron chi connectivity index (χ4n) is 0.115. The van der Waals surface area contributed by atoms with Crippen LogP contribution in [0.2, 0.25) is 0 Å². The molecule has 0 spiro atoms. The van der Waals surface area contributed by atoms with E-state index in [1.165, 1.54) is 24.8 Å². The summed E-state index contributed by atoms with van der Waals surface area (Å²) in [6.07, 6.45) is 7.17. The first-order valence-electron chi connectivity index (χ1n) is 5.12. The molecule has 0 aliphatic carbocycles. The molecule has 0 unspecified atom stereocenters. The summed E-state index contributed by atoms with van der Waals surface area (Å²) in [6, 6.07) is 0. The van der Waals surface area contributed by atoms with Gasteiger partial charge in [0.25, 0.3) is 0 Å². The number of rotatable bonds is 0. The second-order valence-electron chi connectivity index (χ2n) is 1.96. The molecule has 0 heterocycles. The van der Waals surface area contributed by atoms with Gasteiger partial charge < -0.3 is 55.3 Å². The van der Waals surface area contributed by atoms with Crippen LogP contribution in [0.1, 0.15) is 0 Å². The number of aliphatic hydroxyl groups excluding tert-OH is 1. The van der Waals surface area contributed by atoms with Gasteiger partial charge in [0.15, 0.2) is 12.4 Å². The van der Waals surface area contributed by atoms with Crippen molar-refractivity contribution in [2.75, 3.05) is 0 Å². The molecule has 0 radical (unpaired) electrons. The van der Waals surface area contributed by atoms with Gasteiger partial charge in [0.05, 0.1) is 0 Å². The third-order valence-corrected chi connectivity index (χ3v) is 0.650. The van der Waals surface area contributed by atoms with E-state index in [2.05, 4.69) is 22.9 Å². The van der Waals surface area contributed by atoms with Crippen LogP contribution in [0, 0.1) is 57.3 Å². The van der Waals surface area contributed by atoms with Gasteiger partial charge in [-0.1, -0.05) is 6.47 Å². The average Bonchev–Trinajstić information content (AvgIpc) is 2.58. The van der Waals surface area contributed by atoms with Crippen LogP contribution in [0.15, 0.2) is 11.4 Å². The van der Waals surface area contributed by atoms with Crippen molar-refractivity contribution in [3.63, 3.8) is 0 Å². The molecule has 0 fully saturated rings. The Bertz CT molecular complexity index is 612. The van der Waals surface area contributed by atoms with E-state index < -0.39 is 0 Å². The van der Waals surface area contributed by atoms with Crippen LogP contribution < -0.4 is 34.4 Å². The van der Waals surface area contributed by atoms with Crippen molar-refractivity contribution in [1.29, 1.82) is 26.3 Å². The molecule has 0 rings (SSSR count). The average molecular weight is 496 g/mol. The molecular weight excluding hydrogens is 480 g/mol. The maximum atomic E-state index is 8.24. The molecule has 0 aromatic heterocycles. The molecule has 20 nitrogen and oxygen atoms in total. The second-order valence-corrected chi connectivity index (χ2v) is 2.46. The summed E-state index contributed by atoms with van der Waals surface area (Å²) >= 11 is 0.733. The maximum Gasteiger partial charge on any atom is 2.00 e. The summed E-state index contributed by atoms with van der Waals surface area (Å²) < 4.78 is 3.17. The first-order valence-corrected chi connectivity index (χ1v) is 6.11. The van der Waals surface area contributed by atoms with E-state index in [9.17, 15) is 0 Å². The Morgan fingerprint density at radius 2 is 0.968 bits per heavy atom. The molecule has 0 aromatic carbocycles. The molecular formula is C9H16Ca2N14O6. The topological polar surface area (TPSA) is 445 Å². The Balaban J connectivity index is -0.0000000209. The molecule has 0 saturated carbocycles. The van der Waals surface area contributed by atoms with E-state index in [1.54, 1.807) is 6.19 Å². The first-order chi connectivity index (χ1) is 13.1. The minimum atomic E-state index is -0.197. The van der Waals surface area contributed by atoms with Crippen LogP contribution >= 0.6 is 0 Å². The van der Waals surface area contributed by atoms with Gasteiger partial charge in [0, 0.05) is 0 Å². The van der Waals surface area contributed by atoms with Gasteiger partial charge in [0.1, 0.15) is 0 Å². The van der Waals surface area contributed by atoms with Crippen molar-refractivity contribution < 1.29 is 30.4 Å². The van der Waals surface area contributed by atoms with Gasteiger partial charge in [-0.25, -0.2) is 0 Å². The van der Waals surface area contributed by atoms with E-state index in [0.717, 1.165) is 35.7 Å². The molecule has 0 saturated heterocycles. The van der Waals surface area contributed by atoms with Crippen molar-refractivity contribution >= 4 is 98.0 Å². The van der Waals surface area contributed by atoms with Crippen LogP contribution in [-0.4, -0.2) is 114 Å². The van der Waals surface area contributed by atoms with E-state index in [0.29, 0.717) is 6.47 Å². The third-order valence-electron chi connectivity index (χ3n) is 0.429. The predicted molar refractivity (Wildman–Crippen MR) is 101 cm³/mol. The van der Waals surface area contributed by atoms with Crippen molar-refractivity contribution in [3.05, 3.63) is 0 Å². The molecule has 16 N–H and O–H groups in total. The van der Waals surface area contributed by atoms with Gasteiger partial charge in [-0.15, -0.1) is 9.98 Å². The fourth-order valence-corrected chi connectivity index (χ4v) is 0.115. The van der Waals surface area contributed by atoms with Crippen LogP contribution in [0.3, 0.4) is 0 Å². The van der Waals surface area contributed by atoms with E-state index in [1.807, 2.05) is 0 Å². The van der Waals surface area contributed by atoms with Crippen molar-refractivity contribution in [2.45, 2.75) is 0 Å². The standard InChI is InChI=1S/2C2H4N4.2CH2N2.CN2.CHO2.CO2.2Ca.2H2O/c2*3-1-6-2(4)5;5*2-1-3;;;;/h2*(H4,4,5,6);2*2H2;;(H,2,3);;;;2*1H2/q;;;;;-1;;;+2;;/p-1. The number of nitrogens with zero attached hydrogens (tertiary/aromatic N) is 8. The van der Waals surface area contributed by atoms with Gasteiger partial charge in [-0.05, 0) is 0 Å². The van der Waals surface area contributed by atoms with Crippen LogP contribution in [0.5, 0.6) is 0 Å². The molecule has 22 heteroatoms. The van der Waals surface area contributed by atoms with E-state index in [4.69, 9.17) is 68.7 Å². The summed E-state index contributed by atoms with van der Waals surface area (Å²) in [7, 11) is 0. The Labute approximate surface area is 229 Å². The predicted octanol–water partition coefficient (Wildman–Crippen LogP) is -6.20. The molecule has 0 atom stereocenters. The quantitative estimate of drug-likeness (QED) is 0.0409. The summed E-state index contributed by atoms with van der Waals surface area (Å²) in [5, 5.41) is 43.7. The smallest absolute Gasteiger partial charge is 0.870 e. The molecule has 0 aliphatic rings. The molecule has 162 valence electrons. The zero-order valence-corrected chi connectivity index (χ0v) is 20.0. The zero-order chi connectivity index (χ0) is 24.2. The Morgan fingerprint density at radius 1 is 0.839 bits per heavy atom. The Kier molecular flexibility index (Phi) is 223. The minimum Gasteiger partial charge on any atom is -0.870 e. The van der Waals surface area contributed by atoms with Crippen molar-refractivity contribution in [2.24, 2.45) is 45.8 Å². The number of nitrogens with two attached hydrogens (primary N) is 6. The summed E-state index contributed by atoms with van der Waals surface area (Å²) in [5.41, 5.74) is 27.1.